The maximum Gasteiger partial charge on any atom is 0.137 e. The minimum absolute atomic E-state index is 0.0850. The first kappa shape index (κ1) is 20.3. The van der Waals surface area contributed by atoms with E-state index in [0.29, 0.717) is 0 Å². The summed E-state index contributed by atoms with van der Waals surface area (Å²) in [5, 5.41) is 2.64. The number of benzene rings is 2. The number of aromatic nitrogens is 2. The zero-order valence-electron chi connectivity index (χ0n) is 20.0. The Morgan fingerprint density at radius 1 is 0.774 bits per heavy atom. The highest BCUT2D eigenvalue weighted by molar-refractivity contribution is 6.09. The van der Waals surface area contributed by atoms with Crippen molar-refractivity contribution < 1.29 is 0 Å². The maximum absolute atomic E-state index is 4.84. The van der Waals surface area contributed by atoms with Gasteiger partial charge in [-0.1, -0.05) is 66.7 Å². The molecule has 0 unspecified atom stereocenters. The molecule has 0 radical (unpaired) electrons. The van der Waals surface area contributed by atoms with Gasteiger partial charge in [-0.3, -0.25) is 4.57 Å². The molecular weight excluding hydrogens is 376 g/mol. The molecule has 0 saturated carbocycles. The van der Waals surface area contributed by atoms with Gasteiger partial charge in [-0.05, 0) is 76.1 Å². The summed E-state index contributed by atoms with van der Waals surface area (Å²) in [5.41, 5.74) is 7.28. The topological polar surface area (TPSA) is 17.8 Å². The minimum Gasteiger partial charge on any atom is -0.294 e. The van der Waals surface area contributed by atoms with Crippen LogP contribution in [0.1, 0.15) is 78.0 Å². The SMILES string of the molecule is CC(C)(C)c1ccnc(-n2c3ccccc3c3cc4c(cc32)C(C)(C)CCC4(C)C)c1. The first-order chi connectivity index (χ1) is 14.5. The quantitative estimate of drug-likeness (QED) is 0.313. The van der Waals surface area contributed by atoms with Gasteiger partial charge in [0.2, 0.25) is 0 Å². The molecule has 2 heteroatoms. The van der Waals surface area contributed by atoms with Crippen molar-refractivity contribution in [1.29, 1.82) is 0 Å². The van der Waals surface area contributed by atoms with Crippen LogP contribution in [0.4, 0.5) is 0 Å². The summed E-state index contributed by atoms with van der Waals surface area (Å²) >= 11 is 0. The van der Waals surface area contributed by atoms with Gasteiger partial charge < -0.3 is 0 Å². The third-order valence-corrected chi connectivity index (χ3v) is 7.49. The first-order valence-electron chi connectivity index (χ1n) is 11.5. The van der Waals surface area contributed by atoms with Gasteiger partial charge >= 0.3 is 0 Å². The van der Waals surface area contributed by atoms with E-state index in [4.69, 9.17) is 4.98 Å². The van der Waals surface area contributed by atoms with Gasteiger partial charge in [0.1, 0.15) is 5.82 Å². The Morgan fingerprint density at radius 2 is 1.42 bits per heavy atom. The van der Waals surface area contributed by atoms with E-state index < -0.39 is 0 Å². The molecule has 0 bridgehead atoms. The fraction of sp³-hybridized carbons (Fsp3) is 0.414. The lowest BCUT2D eigenvalue weighted by Gasteiger charge is -2.42. The van der Waals surface area contributed by atoms with Crippen molar-refractivity contribution in [3.05, 3.63) is 71.4 Å². The minimum atomic E-state index is 0.0850. The Balaban J connectivity index is 1.90. The predicted molar refractivity (Wildman–Crippen MR) is 133 cm³/mol. The molecule has 2 aromatic carbocycles. The van der Waals surface area contributed by atoms with E-state index in [1.165, 1.54) is 51.3 Å². The Labute approximate surface area is 186 Å². The second kappa shape index (κ2) is 6.45. The molecule has 0 fully saturated rings. The number of pyridine rings is 1. The molecule has 0 saturated heterocycles. The molecule has 2 heterocycles. The van der Waals surface area contributed by atoms with Crippen LogP contribution in [0.2, 0.25) is 0 Å². The molecule has 2 aromatic heterocycles. The van der Waals surface area contributed by atoms with Crippen LogP contribution in [0.15, 0.2) is 54.7 Å². The monoisotopic (exact) mass is 410 g/mol. The number of para-hydroxylation sites is 1. The molecule has 4 aromatic rings. The molecule has 0 atom stereocenters. The lowest BCUT2D eigenvalue weighted by atomic mass is 9.63. The van der Waals surface area contributed by atoms with Gasteiger partial charge in [-0.25, -0.2) is 4.98 Å². The molecule has 0 amide bonds. The number of nitrogens with zero attached hydrogens (tertiary/aromatic N) is 2. The fourth-order valence-corrected chi connectivity index (χ4v) is 5.28. The van der Waals surface area contributed by atoms with Crippen molar-refractivity contribution in [3.63, 3.8) is 0 Å². The highest BCUT2D eigenvalue weighted by atomic mass is 15.1. The highest BCUT2D eigenvalue weighted by Crippen LogP contribution is 2.48. The predicted octanol–water partition coefficient (Wildman–Crippen LogP) is 7.83. The van der Waals surface area contributed by atoms with Crippen molar-refractivity contribution >= 4 is 21.8 Å². The Hall–Kier alpha value is -2.61. The van der Waals surface area contributed by atoms with Crippen LogP contribution in [0.25, 0.3) is 27.6 Å². The van der Waals surface area contributed by atoms with E-state index in [9.17, 15) is 0 Å². The average molecular weight is 411 g/mol. The van der Waals surface area contributed by atoms with Crippen LogP contribution in [-0.4, -0.2) is 9.55 Å². The molecular formula is C29H34N2. The second-order valence-corrected chi connectivity index (χ2v) is 11.7. The summed E-state index contributed by atoms with van der Waals surface area (Å²) in [6, 6.07) is 18.1. The molecule has 0 N–H and O–H groups in total. The van der Waals surface area contributed by atoms with E-state index in [1.807, 2.05) is 6.20 Å². The molecule has 0 spiro atoms. The third kappa shape index (κ3) is 3.11. The maximum atomic E-state index is 4.84. The van der Waals surface area contributed by atoms with Crippen molar-refractivity contribution in [1.82, 2.24) is 9.55 Å². The van der Waals surface area contributed by atoms with E-state index in [-0.39, 0.29) is 16.2 Å². The van der Waals surface area contributed by atoms with Crippen molar-refractivity contribution in [2.45, 2.75) is 77.6 Å². The third-order valence-electron chi connectivity index (χ3n) is 7.49. The number of rotatable bonds is 1. The second-order valence-electron chi connectivity index (χ2n) is 11.7. The number of hydrogen-bond acceptors (Lipinski definition) is 1. The standard InChI is InChI=1S/C29H34N2/c1-27(2,3)19-12-15-30-26(16-19)31-24-11-9-8-10-20(24)21-17-22-23(18-25(21)31)29(6,7)14-13-28(22,4)5/h8-12,15-18H,13-14H2,1-7H3. The molecule has 1 aliphatic carbocycles. The summed E-state index contributed by atoms with van der Waals surface area (Å²) in [7, 11) is 0. The summed E-state index contributed by atoms with van der Waals surface area (Å²) in [6.07, 6.45) is 4.41. The summed E-state index contributed by atoms with van der Waals surface area (Å²) in [5.74, 6) is 1.01. The van der Waals surface area contributed by atoms with E-state index in [1.54, 1.807) is 0 Å². The van der Waals surface area contributed by atoms with Crippen LogP contribution in [0.5, 0.6) is 0 Å². The first-order valence-corrected chi connectivity index (χ1v) is 11.5. The molecule has 0 aliphatic heterocycles. The number of hydrogen-bond donors (Lipinski definition) is 0. The van der Waals surface area contributed by atoms with Gasteiger partial charge in [0.15, 0.2) is 0 Å². The summed E-state index contributed by atoms with van der Waals surface area (Å²) < 4.78 is 2.37. The smallest absolute Gasteiger partial charge is 0.137 e. The van der Waals surface area contributed by atoms with Gasteiger partial charge in [0.25, 0.3) is 0 Å². The molecule has 1 aliphatic rings. The lowest BCUT2D eigenvalue weighted by Crippen LogP contribution is -2.33. The van der Waals surface area contributed by atoms with Crippen molar-refractivity contribution in [3.8, 4) is 5.82 Å². The lowest BCUT2D eigenvalue weighted by molar-refractivity contribution is 0.332. The van der Waals surface area contributed by atoms with E-state index in [2.05, 4.69) is 102 Å². The van der Waals surface area contributed by atoms with Crippen LogP contribution in [0, 0.1) is 0 Å². The average Bonchev–Trinajstić information content (AvgIpc) is 3.04. The van der Waals surface area contributed by atoms with Crippen LogP contribution < -0.4 is 0 Å². The van der Waals surface area contributed by atoms with Gasteiger partial charge in [-0.15, -0.1) is 0 Å². The normalized spacial score (nSPS) is 17.8. The van der Waals surface area contributed by atoms with Gasteiger partial charge in [0.05, 0.1) is 11.0 Å². The zero-order chi connectivity index (χ0) is 22.2. The highest BCUT2D eigenvalue weighted by Gasteiger charge is 2.37. The zero-order valence-corrected chi connectivity index (χ0v) is 20.0. The van der Waals surface area contributed by atoms with E-state index in [0.717, 1.165) is 5.82 Å². The van der Waals surface area contributed by atoms with Crippen molar-refractivity contribution in [2.24, 2.45) is 0 Å². The van der Waals surface area contributed by atoms with Crippen LogP contribution in [0.3, 0.4) is 0 Å². The van der Waals surface area contributed by atoms with Gasteiger partial charge in [0, 0.05) is 17.0 Å². The van der Waals surface area contributed by atoms with Crippen molar-refractivity contribution in [2.75, 3.05) is 0 Å². The van der Waals surface area contributed by atoms with E-state index >= 15 is 0 Å². The van der Waals surface area contributed by atoms with Crippen LogP contribution >= 0.6 is 0 Å². The number of fused-ring (bicyclic) bond motifs is 4. The van der Waals surface area contributed by atoms with Gasteiger partial charge in [-0.2, -0.15) is 0 Å². The Morgan fingerprint density at radius 3 is 2.10 bits per heavy atom. The molecule has 2 nitrogen and oxygen atoms in total. The Kier molecular flexibility index (Phi) is 4.22. The Bertz CT molecular complexity index is 1310. The molecule has 160 valence electrons. The fourth-order valence-electron chi connectivity index (χ4n) is 5.28. The largest absolute Gasteiger partial charge is 0.294 e. The summed E-state index contributed by atoms with van der Waals surface area (Å²) in [6.45, 7) is 16.4. The molecule has 5 rings (SSSR count). The van der Waals surface area contributed by atoms with Crippen LogP contribution in [-0.2, 0) is 16.2 Å². The molecule has 31 heavy (non-hydrogen) atoms. The summed E-state index contributed by atoms with van der Waals surface area (Å²) in [4.78, 5) is 4.84.